The number of aryl methyl sites for hydroxylation is 2. The first-order valence-corrected chi connectivity index (χ1v) is 9.05. The zero-order valence-electron chi connectivity index (χ0n) is 12.6. The Bertz CT molecular complexity index is 747. The van der Waals surface area contributed by atoms with Gasteiger partial charge in [0, 0.05) is 11.7 Å². The first-order valence-electron chi connectivity index (χ1n) is 6.95. The van der Waals surface area contributed by atoms with Crippen molar-refractivity contribution in [1.82, 2.24) is 9.55 Å². The van der Waals surface area contributed by atoms with E-state index in [1.54, 1.807) is 16.3 Å². The summed E-state index contributed by atoms with van der Waals surface area (Å²) < 4.78 is 1.76. The lowest BCUT2D eigenvalue weighted by Crippen LogP contribution is -2.23. The van der Waals surface area contributed by atoms with Gasteiger partial charge in [0.15, 0.2) is 5.16 Å². The summed E-state index contributed by atoms with van der Waals surface area (Å²) in [6, 6.07) is 6.21. The molecular formula is C16H18N2OS2. The molecule has 0 radical (unpaired) electrons. The van der Waals surface area contributed by atoms with Crippen LogP contribution in [-0.4, -0.2) is 21.1 Å². The molecule has 0 fully saturated rings. The lowest BCUT2D eigenvalue weighted by atomic mass is 10.1. The van der Waals surface area contributed by atoms with Crippen LogP contribution in [0, 0.1) is 13.8 Å². The molecule has 1 aliphatic heterocycles. The van der Waals surface area contributed by atoms with Gasteiger partial charge in [0.1, 0.15) is 0 Å². The van der Waals surface area contributed by atoms with Crippen molar-refractivity contribution >= 4 is 23.5 Å². The third kappa shape index (κ3) is 2.64. The van der Waals surface area contributed by atoms with E-state index in [0.717, 1.165) is 39.0 Å². The van der Waals surface area contributed by atoms with E-state index in [1.807, 2.05) is 18.4 Å². The Morgan fingerprint density at radius 2 is 1.95 bits per heavy atom. The molecule has 3 nitrogen and oxygen atoms in total. The molecule has 0 amide bonds. The minimum atomic E-state index is 0.0729. The fourth-order valence-electron chi connectivity index (χ4n) is 2.74. The van der Waals surface area contributed by atoms with Crippen LogP contribution in [0.2, 0.25) is 0 Å². The highest BCUT2D eigenvalue weighted by Gasteiger charge is 2.26. The second kappa shape index (κ2) is 5.54. The third-order valence-electron chi connectivity index (χ3n) is 3.53. The van der Waals surface area contributed by atoms with E-state index in [-0.39, 0.29) is 5.56 Å². The first-order chi connectivity index (χ1) is 9.99. The summed E-state index contributed by atoms with van der Waals surface area (Å²) in [5.74, 6) is 0. The van der Waals surface area contributed by atoms with E-state index < -0.39 is 0 Å². The van der Waals surface area contributed by atoms with E-state index in [9.17, 15) is 4.79 Å². The van der Waals surface area contributed by atoms with Gasteiger partial charge in [-0.15, -0.1) is 11.8 Å². The molecule has 110 valence electrons. The van der Waals surface area contributed by atoms with Crippen molar-refractivity contribution in [2.45, 2.75) is 42.5 Å². The molecule has 3 rings (SSSR count). The summed E-state index contributed by atoms with van der Waals surface area (Å²) in [6.07, 6.45) is 2.86. The third-order valence-corrected chi connectivity index (χ3v) is 5.38. The Balaban J connectivity index is 2.27. The van der Waals surface area contributed by atoms with E-state index in [1.165, 1.54) is 11.8 Å². The average molecular weight is 318 g/mol. The van der Waals surface area contributed by atoms with Crippen molar-refractivity contribution in [3.63, 3.8) is 0 Å². The summed E-state index contributed by atoms with van der Waals surface area (Å²) >= 11 is 3.17. The molecule has 21 heavy (non-hydrogen) atoms. The van der Waals surface area contributed by atoms with Crippen molar-refractivity contribution in [2.24, 2.45) is 0 Å². The molecule has 1 unspecified atom stereocenters. The van der Waals surface area contributed by atoms with Crippen LogP contribution in [0.1, 0.15) is 23.7 Å². The Kier molecular flexibility index (Phi) is 3.88. The van der Waals surface area contributed by atoms with Crippen molar-refractivity contribution < 1.29 is 0 Å². The van der Waals surface area contributed by atoms with Crippen LogP contribution in [0.15, 0.2) is 33.0 Å². The van der Waals surface area contributed by atoms with Crippen molar-refractivity contribution in [2.75, 3.05) is 6.26 Å². The maximum absolute atomic E-state index is 12.9. The maximum Gasteiger partial charge on any atom is 0.272 e. The number of hydrogen-bond donors (Lipinski definition) is 0. The molecule has 0 spiro atoms. The number of thioether (sulfide) groups is 2. The van der Waals surface area contributed by atoms with Gasteiger partial charge in [-0.1, -0.05) is 24.8 Å². The number of benzene rings is 1. The van der Waals surface area contributed by atoms with Gasteiger partial charge in [0.2, 0.25) is 0 Å². The molecule has 0 aliphatic carbocycles. The lowest BCUT2D eigenvalue weighted by molar-refractivity contribution is 0.731. The first kappa shape index (κ1) is 14.7. The molecule has 1 aliphatic rings. The molecule has 1 atom stereocenters. The number of aromatic nitrogens is 2. The van der Waals surface area contributed by atoms with E-state index in [4.69, 9.17) is 4.98 Å². The topological polar surface area (TPSA) is 34.9 Å². The second-order valence-corrected chi connectivity index (χ2v) is 7.72. The minimum Gasteiger partial charge on any atom is -0.268 e. The highest BCUT2D eigenvalue weighted by atomic mass is 32.2. The van der Waals surface area contributed by atoms with Crippen LogP contribution in [0.25, 0.3) is 5.69 Å². The predicted octanol–water partition coefficient (Wildman–Crippen LogP) is 3.61. The number of fused-ring (bicyclic) bond motifs is 1. The van der Waals surface area contributed by atoms with Gasteiger partial charge >= 0.3 is 0 Å². The van der Waals surface area contributed by atoms with Crippen molar-refractivity contribution in [3.8, 4) is 5.69 Å². The summed E-state index contributed by atoms with van der Waals surface area (Å²) in [7, 11) is 0. The molecular weight excluding hydrogens is 300 g/mol. The van der Waals surface area contributed by atoms with Gasteiger partial charge < -0.3 is 0 Å². The molecule has 5 heteroatoms. The van der Waals surface area contributed by atoms with Gasteiger partial charge in [0.25, 0.3) is 5.56 Å². The highest BCUT2D eigenvalue weighted by molar-refractivity contribution is 8.00. The Morgan fingerprint density at radius 1 is 1.29 bits per heavy atom. The molecule has 2 aromatic rings. The lowest BCUT2D eigenvalue weighted by Gasteiger charge is -2.13. The monoisotopic (exact) mass is 318 g/mol. The van der Waals surface area contributed by atoms with Crippen LogP contribution >= 0.6 is 23.5 Å². The van der Waals surface area contributed by atoms with E-state index in [2.05, 4.69) is 26.8 Å². The molecule has 1 aromatic carbocycles. The molecule has 1 aromatic heterocycles. The van der Waals surface area contributed by atoms with Crippen molar-refractivity contribution in [1.29, 1.82) is 0 Å². The summed E-state index contributed by atoms with van der Waals surface area (Å²) in [5, 5.41) is 1.21. The van der Waals surface area contributed by atoms with Gasteiger partial charge in [-0.25, -0.2) is 4.98 Å². The van der Waals surface area contributed by atoms with Gasteiger partial charge in [0.05, 0.1) is 16.3 Å². The normalized spacial score (nSPS) is 17.0. The maximum atomic E-state index is 12.9. The fourth-order valence-corrected chi connectivity index (χ4v) is 4.42. The summed E-state index contributed by atoms with van der Waals surface area (Å²) in [6.45, 7) is 6.25. The Morgan fingerprint density at radius 3 is 2.57 bits per heavy atom. The van der Waals surface area contributed by atoms with Crippen LogP contribution in [0.5, 0.6) is 0 Å². The fraction of sp³-hybridized carbons (Fsp3) is 0.375. The molecule has 0 saturated heterocycles. The van der Waals surface area contributed by atoms with Crippen molar-refractivity contribution in [3.05, 3.63) is 45.4 Å². The number of hydrogen-bond acceptors (Lipinski definition) is 4. The van der Waals surface area contributed by atoms with E-state index in [0.29, 0.717) is 5.25 Å². The smallest absolute Gasteiger partial charge is 0.268 e. The second-order valence-electron chi connectivity index (χ2n) is 5.49. The summed E-state index contributed by atoms with van der Waals surface area (Å²) in [5.41, 5.74) is 4.26. The average Bonchev–Trinajstić information content (AvgIpc) is 2.78. The zero-order valence-corrected chi connectivity index (χ0v) is 14.3. The van der Waals surface area contributed by atoms with Crippen LogP contribution < -0.4 is 5.56 Å². The molecule has 0 N–H and O–H groups in total. The Labute approximate surface area is 133 Å². The summed E-state index contributed by atoms with van der Waals surface area (Å²) in [4.78, 5) is 18.4. The quantitative estimate of drug-likeness (QED) is 0.626. The SMILES string of the molecule is CSc1nc2c(c(=O)n1-c1cc(C)cc(C)c1)SC(C)C2. The van der Waals surface area contributed by atoms with E-state index >= 15 is 0 Å². The number of nitrogens with zero attached hydrogens (tertiary/aromatic N) is 2. The predicted molar refractivity (Wildman–Crippen MR) is 90.1 cm³/mol. The highest BCUT2D eigenvalue weighted by Crippen LogP contribution is 2.34. The number of rotatable bonds is 2. The van der Waals surface area contributed by atoms with Gasteiger partial charge in [-0.2, -0.15) is 0 Å². The van der Waals surface area contributed by atoms with Crippen LogP contribution in [0.3, 0.4) is 0 Å². The van der Waals surface area contributed by atoms with Crippen LogP contribution in [0.4, 0.5) is 0 Å². The molecule has 2 heterocycles. The van der Waals surface area contributed by atoms with Gasteiger partial charge in [-0.3, -0.25) is 9.36 Å². The van der Waals surface area contributed by atoms with Crippen LogP contribution in [-0.2, 0) is 6.42 Å². The minimum absolute atomic E-state index is 0.0729. The molecule has 0 bridgehead atoms. The molecule has 0 saturated carbocycles. The van der Waals surface area contributed by atoms with Gasteiger partial charge in [-0.05, 0) is 43.4 Å². The largest absolute Gasteiger partial charge is 0.272 e. The zero-order chi connectivity index (χ0) is 15.1. The standard InChI is InChI=1S/C16H18N2OS2/c1-9-5-10(2)7-12(6-9)18-15(19)14-13(8-11(3)21-14)17-16(18)20-4/h5-7,11H,8H2,1-4H3. The Hall–Kier alpha value is -1.20.